The number of carbonyl (C=O) groups is 2. The fraction of sp³-hybridized carbons (Fsp3) is 0.267. The number of hydrogen-bond acceptors (Lipinski definition) is 5. The minimum Gasteiger partial charge on any atom is -0.446 e. The van der Waals surface area contributed by atoms with Crippen LogP contribution in [0.5, 0.6) is 0 Å². The first-order valence-electron chi connectivity index (χ1n) is 6.82. The van der Waals surface area contributed by atoms with E-state index in [1.165, 1.54) is 6.26 Å². The third-order valence-corrected chi connectivity index (χ3v) is 3.08. The van der Waals surface area contributed by atoms with Gasteiger partial charge in [-0.05, 0) is 12.5 Å². The van der Waals surface area contributed by atoms with E-state index in [-0.39, 0.29) is 11.6 Å². The molecule has 0 aliphatic carbocycles. The Balaban J connectivity index is 2.07. The average molecular weight is 302 g/mol. The van der Waals surface area contributed by atoms with Crippen LogP contribution in [0.15, 0.2) is 41.0 Å². The molecule has 0 radical (unpaired) electrons. The molecular formula is C15H18N4O3. The maximum absolute atomic E-state index is 12.1. The Hall–Kier alpha value is -2.67. The van der Waals surface area contributed by atoms with Crippen LogP contribution < -0.4 is 16.8 Å². The highest BCUT2D eigenvalue weighted by Gasteiger charge is 2.22. The van der Waals surface area contributed by atoms with Crippen molar-refractivity contribution in [1.82, 2.24) is 10.3 Å². The molecule has 7 nitrogen and oxygen atoms in total. The molecule has 0 aliphatic rings. The predicted octanol–water partition coefficient (Wildman–Crippen LogP) is 0.521. The van der Waals surface area contributed by atoms with Crippen LogP contribution in [-0.2, 0) is 11.2 Å². The zero-order valence-electron chi connectivity index (χ0n) is 12.2. The molecule has 2 amide bonds. The summed E-state index contributed by atoms with van der Waals surface area (Å²) in [5.41, 5.74) is 11.9. The predicted molar refractivity (Wildman–Crippen MR) is 79.7 cm³/mol. The number of nitrogens with two attached hydrogens (primary N) is 2. The zero-order chi connectivity index (χ0) is 16.1. The second-order valence-electron chi connectivity index (χ2n) is 4.98. The molecule has 22 heavy (non-hydrogen) atoms. The molecule has 116 valence electrons. The minimum atomic E-state index is -0.828. The molecule has 1 aromatic carbocycles. The van der Waals surface area contributed by atoms with Crippen molar-refractivity contribution in [3.8, 4) is 0 Å². The van der Waals surface area contributed by atoms with Crippen molar-refractivity contribution in [1.29, 1.82) is 0 Å². The van der Waals surface area contributed by atoms with E-state index in [9.17, 15) is 9.59 Å². The van der Waals surface area contributed by atoms with Crippen LogP contribution in [0, 0.1) is 0 Å². The van der Waals surface area contributed by atoms with Crippen molar-refractivity contribution in [2.45, 2.75) is 25.4 Å². The SMILES string of the molecule is CC(N)c1nc(C(=O)NC(Cc2ccccc2)C(N)=O)co1. The molecule has 2 aromatic rings. The van der Waals surface area contributed by atoms with Gasteiger partial charge in [0.05, 0.1) is 6.04 Å². The van der Waals surface area contributed by atoms with E-state index < -0.39 is 23.9 Å². The number of rotatable bonds is 6. The topological polar surface area (TPSA) is 124 Å². The third kappa shape index (κ3) is 3.92. The Morgan fingerprint density at radius 2 is 2.00 bits per heavy atom. The quantitative estimate of drug-likeness (QED) is 0.717. The highest BCUT2D eigenvalue weighted by atomic mass is 16.3. The summed E-state index contributed by atoms with van der Waals surface area (Å²) in [6, 6.07) is 8.03. The van der Waals surface area contributed by atoms with E-state index in [4.69, 9.17) is 15.9 Å². The number of aromatic nitrogens is 1. The molecule has 0 spiro atoms. The van der Waals surface area contributed by atoms with Crippen molar-refractivity contribution in [3.05, 3.63) is 53.7 Å². The van der Waals surface area contributed by atoms with Gasteiger partial charge in [-0.3, -0.25) is 9.59 Å². The number of primary amides is 1. The molecule has 7 heteroatoms. The van der Waals surface area contributed by atoms with Gasteiger partial charge < -0.3 is 21.2 Å². The monoisotopic (exact) mass is 302 g/mol. The number of benzene rings is 1. The zero-order valence-corrected chi connectivity index (χ0v) is 12.2. The van der Waals surface area contributed by atoms with Crippen LogP contribution in [-0.4, -0.2) is 22.8 Å². The second-order valence-corrected chi connectivity index (χ2v) is 4.98. The van der Waals surface area contributed by atoms with Crippen LogP contribution in [0.25, 0.3) is 0 Å². The van der Waals surface area contributed by atoms with E-state index in [0.717, 1.165) is 5.56 Å². The fourth-order valence-corrected chi connectivity index (χ4v) is 1.91. The summed E-state index contributed by atoms with van der Waals surface area (Å²) in [4.78, 5) is 27.6. The molecule has 1 aromatic heterocycles. The molecule has 5 N–H and O–H groups in total. The summed E-state index contributed by atoms with van der Waals surface area (Å²) >= 11 is 0. The lowest BCUT2D eigenvalue weighted by molar-refractivity contribution is -0.119. The van der Waals surface area contributed by atoms with Crippen molar-refractivity contribution in [2.75, 3.05) is 0 Å². The van der Waals surface area contributed by atoms with Gasteiger partial charge >= 0.3 is 0 Å². The highest BCUT2D eigenvalue weighted by molar-refractivity contribution is 5.95. The van der Waals surface area contributed by atoms with E-state index in [1.807, 2.05) is 30.3 Å². The first-order valence-corrected chi connectivity index (χ1v) is 6.82. The number of carbonyl (C=O) groups excluding carboxylic acids is 2. The van der Waals surface area contributed by atoms with Crippen molar-refractivity contribution in [3.63, 3.8) is 0 Å². The highest BCUT2D eigenvalue weighted by Crippen LogP contribution is 2.10. The lowest BCUT2D eigenvalue weighted by atomic mass is 10.1. The van der Waals surface area contributed by atoms with Gasteiger partial charge in [0, 0.05) is 6.42 Å². The Morgan fingerprint density at radius 3 is 2.55 bits per heavy atom. The van der Waals surface area contributed by atoms with E-state index in [1.54, 1.807) is 6.92 Å². The maximum atomic E-state index is 12.1. The molecule has 2 unspecified atom stereocenters. The van der Waals surface area contributed by atoms with Gasteiger partial charge in [0.25, 0.3) is 5.91 Å². The van der Waals surface area contributed by atoms with Gasteiger partial charge in [0.1, 0.15) is 12.3 Å². The number of oxazole rings is 1. The van der Waals surface area contributed by atoms with Crippen molar-refractivity contribution >= 4 is 11.8 Å². The fourth-order valence-electron chi connectivity index (χ4n) is 1.91. The van der Waals surface area contributed by atoms with Gasteiger partial charge in [-0.2, -0.15) is 0 Å². The summed E-state index contributed by atoms with van der Waals surface area (Å²) in [6.07, 6.45) is 1.51. The largest absolute Gasteiger partial charge is 0.446 e. The maximum Gasteiger partial charge on any atom is 0.273 e. The van der Waals surface area contributed by atoms with Crippen molar-refractivity contribution in [2.24, 2.45) is 11.5 Å². The lowest BCUT2D eigenvalue weighted by Crippen LogP contribution is -2.46. The number of amides is 2. The third-order valence-electron chi connectivity index (χ3n) is 3.08. The molecule has 0 bridgehead atoms. The summed E-state index contributed by atoms with van der Waals surface area (Å²) in [6.45, 7) is 1.69. The van der Waals surface area contributed by atoms with E-state index in [0.29, 0.717) is 6.42 Å². The van der Waals surface area contributed by atoms with Crippen LogP contribution in [0.3, 0.4) is 0 Å². The van der Waals surface area contributed by atoms with Gasteiger partial charge in [-0.15, -0.1) is 0 Å². The standard InChI is InChI=1S/C15H18N4O3/c1-9(16)15-19-12(8-22-15)14(21)18-11(13(17)20)7-10-5-3-2-4-6-10/h2-6,8-9,11H,7,16H2,1H3,(H2,17,20)(H,18,21). The molecule has 0 aliphatic heterocycles. The number of nitrogens with one attached hydrogen (secondary N) is 1. The Morgan fingerprint density at radius 1 is 1.32 bits per heavy atom. The smallest absolute Gasteiger partial charge is 0.273 e. The molecule has 2 atom stereocenters. The molecular weight excluding hydrogens is 284 g/mol. The lowest BCUT2D eigenvalue weighted by Gasteiger charge is -2.14. The number of hydrogen-bond donors (Lipinski definition) is 3. The van der Waals surface area contributed by atoms with E-state index in [2.05, 4.69) is 10.3 Å². The first-order chi connectivity index (χ1) is 10.5. The summed E-state index contributed by atoms with van der Waals surface area (Å²) < 4.78 is 5.09. The molecule has 0 saturated heterocycles. The van der Waals surface area contributed by atoms with Crippen LogP contribution in [0.1, 0.15) is 34.9 Å². The minimum absolute atomic E-state index is 0.0617. The van der Waals surface area contributed by atoms with Gasteiger partial charge in [0.15, 0.2) is 5.69 Å². The Labute approximate surface area is 127 Å². The number of nitrogens with zero attached hydrogens (tertiary/aromatic N) is 1. The normalized spacial score (nSPS) is 13.4. The van der Waals surface area contributed by atoms with Crippen molar-refractivity contribution < 1.29 is 14.0 Å². The van der Waals surface area contributed by atoms with Gasteiger partial charge in [0.2, 0.25) is 11.8 Å². The Bertz CT molecular complexity index is 652. The second kappa shape index (κ2) is 6.86. The Kier molecular flexibility index (Phi) is 4.90. The van der Waals surface area contributed by atoms with Gasteiger partial charge in [-0.25, -0.2) is 4.98 Å². The molecule has 0 fully saturated rings. The molecule has 1 heterocycles. The summed E-state index contributed by atoms with van der Waals surface area (Å²) in [5.74, 6) is -0.896. The first kappa shape index (κ1) is 15.7. The van der Waals surface area contributed by atoms with Crippen LogP contribution >= 0.6 is 0 Å². The van der Waals surface area contributed by atoms with Crippen LogP contribution in [0.4, 0.5) is 0 Å². The summed E-state index contributed by atoms with van der Waals surface area (Å²) in [7, 11) is 0. The van der Waals surface area contributed by atoms with E-state index >= 15 is 0 Å². The van der Waals surface area contributed by atoms with Crippen LogP contribution in [0.2, 0.25) is 0 Å². The average Bonchev–Trinajstić information content (AvgIpc) is 2.97. The summed E-state index contributed by atoms with van der Waals surface area (Å²) in [5, 5.41) is 2.56. The molecule has 0 saturated carbocycles. The van der Waals surface area contributed by atoms with Gasteiger partial charge in [-0.1, -0.05) is 30.3 Å². The molecule has 2 rings (SSSR count).